The highest BCUT2D eigenvalue weighted by molar-refractivity contribution is 6.00. The topological polar surface area (TPSA) is 97.8 Å². The van der Waals surface area contributed by atoms with Gasteiger partial charge in [-0.2, -0.15) is 5.10 Å². The molecule has 3 N–H and O–H groups in total. The van der Waals surface area contributed by atoms with Crippen LogP contribution in [0.3, 0.4) is 0 Å². The number of nitrogens with zero attached hydrogens (tertiary/aromatic N) is 2. The van der Waals surface area contributed by atoms with Crippen LogP contribution in [0.15, 0.2) is 42.5 Å². The van der Waals surface area contributed by atoms with Crippen molar-refractivity contribution in [3.05, 3.63) is 52.6 Å². The van der Waals surface area contributed by atoms with Gasteiger partial charge < -0.3 is 5.73 Å². The number of fused-ring (bicyclic) bond motifs is 1. The zero-order valence-corrected chi connectivity index (χ0v) is 9.83. The van der Waals surface area contributed by atoms with Gasteiger partial charge in [0, 0.05) is 11.5 Å². The molecule has 19 heavy (non-hydrogen) atoms. The van der Waals surface area contributed by atoms with E-state index in [1.165, 1.54) is 6.07 Å². The Labute approximate surface area is 108 Å². The summed E-state index contributed by atoms with van der Waals surface area (Å²) >= 11 is 0. The fraction of sp³-hybridized carbons (Fsp3) is 0. The molecule has 3 aromatic rings. The highest BCUT2D eigenvalue weighted by atomic mass is 16.6. The number of anilines is 1. The lowest BCUT2D eigenvalue weighted by molar-refractivity contribution is -0.384. The minimum absolute atomic E-state index is 0.0262. The first-order chi connectivity index (χ1) is 9.18. The number of para-hydroxylation sites is 2. The van der Waals surface area contributed by atoms with Crippen LogP contribution in [0.1, 0.15) is 0 Å². The predicted octanol–water partition coefficient (Wildman–Crippen LogP) is 2.72. The van der Waals surface area contributed by atoms with Gasteiger partial charge in [0.15, 0.2) is 0 Å². The molecule has 0 radical (unpaired) electrons. The Morgan fingerprint density at radius 3 is 2.74 bits per heavy atom. The van der Waals surface area contributed by atoms with Crippen LogP contribution in [0, 0.1) is 10.1 Å². The van der Waals surface area contributed by atoms with Gasteiger partial charge in [-0.05, 0) is 12.1 Å². The molecule has 0 spiro atoms. The van der Waals surface area contributed by atoms with E-state index in [-0.39, 0.29) is 5.69 Å². The summed E-state index contributed by atoms with van der Waals surface area (Å²) < 4.78 is 0. The molecular weight excluding hydrogens is 244 g/mol. The maximum absolute atomic E-state index is 11.1. The molecule has 3 rings (SSSR count). The van der Waals surface area contributed by atoms with Crippen LogP contribution in [0.4, 0.5) is 11.4 Å². The molecule has 6 heteroatoms. The summed E-state index contributed by atoms with van der Waals surface area (Å²) in [5, 5.41) is 18.8. The van der Waals surface area contributed by atoms with Crippen LogP contribution in [0.25, 0.3) is 22.2 Å². The van der Waals surface area contributed by atoms with Gasteiger partial charge in [-0.1, -0.05) is 24.3 Å². The molecule has 0 saturated carbocycles. The minimum Gasteiger partial charge on any atom is -0.397 e. The molecule has 0 saturated heterocycles. The van der Waals surface area contributed by atoms with Gasteiger partial charge in [0.25, 0.3) is 5.69 Å². The largest absolute Gasteiger partial charge is 0.397 e. The van der Waals surface area contributed by atoms with Gasteiger partial charge >= 0.3 is 0 Å². The number of hydrogen-bond donors (Lipinski definition) is 2. The number of rotatable bonds is 2. The average molecular weight is 254 g/mol. The van der Waals surface area contributed by atoms with Crippen molar-refractivity contribution in [2.24, 2.45) is 0 Å². The molecule has 6 nitrogen and oxygen atoms in total. The standard InChI is InChI=1S/C13H10N4O2/c14-10-6-3-5-9-12(15-16-13(9)10)8-4-1-2-7-11(8)17(18)19/h1-7H,14H2,(H,15,16). The number of aromatic nitrogens is 2. The van der Waals surface area contributed by atoms with Crippen molar-refractivity contribution in [1.82, 2.24) is 10.2 Å². The number of nitrogen functional groups attached to an aromatic ring is 1. The summed E-state index contributed by atoms with van der Waals surface area (Å²) in [5.74, 6) is 0. The second kappa shape index (κ2) is 4.09. The van der Waals surface area contributed by atoms with Gasteiger partial charge in [-0.3, -0.25) is 15.2 Å². The van der Waals surface area contributed by atoms with Crippen molar-refractivity contribution < 1.29 is 4.92 Å². The zero-order chi connectivity index (χ0) is 13.4. The first-order valence-electron chi connectivity index (χ1n) is 5.65. The quantitative estimate of drug-likeness (QED) is 0.417. The number of aromatic amines is 1. The van der Waals surface area contributed by atoms with E-state index in [0.717, 1.165) is 5.39 Å². The molecule has 1 heterocycles. The van der Waals surface area contributed by atoms with Crippen molar-refractivity contribution in [3.63, 3.8) is 0 Å². The van der Waals surface area contributed by atoms with E-state index >= 15 is 0 Å². The van der Waals surface area contributed by atoms with E-state index in [1.807, 2.05) is 6.07 Å². The smallest absolute Gasteiger partial charge is 0.278 e. The number of H-pyrrole nitrogens is 1. The number of nitro benzene ring substituents is 1. The molecule has 0 unspecified atom stereocenters. The first-order valence-corrected chi connectivity index (χ1v) is 5.65. The summed E-state index contributed by atoms with van der Waals surface area (Å²) in [4.78, 5) is 10.6. The van der Waals surface area contributed by atoms with E-state index in [1.54, 1.807) is 30.3 Å². The Balaban J connectivity index is 2.32. The molecule has 0 atom stereocenters. The SMILES string of the molecule is Nc1cccc2c(-c3ccccc3[N+](=O)[O-])n[nH]c12. The van der Waals surface area contributed by atoms with Crippen LogP contribution in [-0.4, -0.2) is 15.1 Å². The van der Waals surface area contributed by atoms with Gasteiger partial charge in [-0.15, -0.1) is 0 Å². The van der Waals surface area contributed by atoms with E-state index in [2.05, 4.69) is 10.2 Å². The molecule has 2 aromatic carbocycles. The van der Waals surface area contributed by atoms with Gasteiger partial charge in [0.05, 0.1) is 21.7 Å². The van der Waals surface area contributed by atoms with Crippen LogP contribution < -0.4 is 5.73 Å². The van der Waals surface area contributed by atoms with E-state index in [4.69, 9.17) is 5.73 Å². The normalized spacial score (nSPS) is 10.7. The number of nitro groups is 1. The fourth-order valence-electron chi connectivity index (χ4n) is 2.10. The summed E-state index contributed by atoms with van der Waals surface area (Å²) in [5.41, 5.74) is 8.13. The molecule has 1 aromatic heterocycles. The second-order valence-electron chi connectivity index (χ2n) is 4.12. The third kappa shape index (κ3) is 1.70. The Kier molecular flexibility index (Phi) is 2.42. The second-order valence-corrected chi connectivity index (χ2v) is 4.12. The van der Waals surface area contributed by atoms with Crippen LogP contribution in [0.5, 0.6) is 0 Å². The Bertz CT molecular complexity index is 779. The maximum atomic E-state index is 11.1. The van der Waals surface area contributed by atoms with Crippen LogP contribution >= 0.6 is 0 Å². The molecule has 0 aliphatic carbocycles. The number of benzene rings is 2. The summed E-state index contributed by atoms with van der Waals surface area (Å²) in [7, 11) is 0. The highest BCUT2D eigenvalue weighted by Crippen LogP contribution is 2.34. The lowest BCUT2D eigenvalue weighted by Gasteiger charge is -2.00. The third-order valence-corrected chi connectivity index (χ3v) is 2.99. The minimum atomic E-state index is -0.415. The molecule has 0 aliphatic rings. The molecule has 94 valence electrons. The highest BCUT2D eigenvalue weighted by Gasteiger charge is 2.19. The summed E-state index contributed by atoms with van der Waals surface area (Å²) in [6, 6.07) is 11.9. The Morgan fingerprint density at radius 2 is 1.95 bits per heavy atom. The number of hydrogen-bond acceptors (Lipinski definition) is 4. The van der Waals surface area contributed by atoms with Crippen LogP contribution in [-0.2, 0) is 0 Å². The molecule has 0 aliphatic heterocycles. The maximum Gasteiger partial charge on any atom is 0.278 e. The van der Waals surface area contributed by atoms with Crippen molar-refractivity contribution in [1.29, 1.82) is 0 Å². The van der Waals surface area contributed by atoms with E-state index in [9.17, 15) is 10.1 Å². The average Bonchev–Trinajstić information content (AvgIpc) is 2.84. The van der Waals surface area contributed by atoms with Gasteiger partial charge in [-0.25, -0.2) is 0 Å². The predicted molar refractivity (Wildman–Crippen MR) is 72.6 cm³/mol. The van der Waals surface area contributed by atoms with E-state index < -0.39 is 4.92 Å². The van der Waals surface area contributed by atoms with Crippen molar-refractivity contribution in [2.75, 3.05) is 5.73 Å². The van der Waals surface area contributed by atoms with Crippen molar-refractivity contribution in [2.45, 2.75) is 0 Å². The zero-order valence-electron chi connectivity index (χ0n) is 9.83. The lowest BCUT2D eigenvalue weighted by Crippen LogP contribution is -1.92. The van der Waals surface area contributed by atoms with Gasteiger partial charge in [0.1, 0.15) is 5.69 Å². The number of nitrogens with two attached hydrogens (primary N) is 1. The molecule has 0 amide bonds. The van der Waals surface area contributed by atoms with Crippen molar-refractivity contribution in [3.8, 4) is 11.3 Å². The van der Waals surface area contributed by atoms with E-state index in [0.29, 0.717) is 22.5 Å². The summed E-state index contributed by atoms with van der Waals surface area (Å²) in [6.07, 6.45) is 0. The molecule has 0 fully saturated rings. The summed E-state index contributed by atoms with van der Waals surface area (Å²) in [6.45, 7) is 0. The van der Waals surface area contributed by atoms with Gasteiger partial charge in [0.2, 0.25) is 0 Å². The third-order valence-electron chi connectivity index (χ3n) is 2.99. The number of nitrogens with one attached hydrogen (secondary N) is 1. The van der Waals surface area contributed by atoms with Crippen LogP contribution in [0.2, 0.25) is 0 Å². The van der Waals surface area contributed by atoms with Crippen molar-refractivity contribution >= 4 is 22.3 Å². The Morgan fingerprint density at radius 1 is 1.16 bits per heavy atom. The molecular formula is C13H10N4O2. The Hall–Kier alpha value is -2.89. The first kappa shape index (κ1) is 11.2. The fourth-order valence-corrected chi connectivity index (χ4v) is 2.10. The molecule has 0 bridgehead atoms. The monoisotopic (exact) mass is 254 g/mol. The lowest BCUT2D eigenvalue weighted by atomic mass is 10.1.